The van der Waals surface area contributed by atoms with Crippen molar-refractivity contribution >= 4 is 27.7 Å². The monoisotopic (exact) mass is 471 g/mol. The molecule has 3 aromatic carbocycles. The summed E-state index contributed by atoms with van der Waals surface area (Å²) in [4.78, 5) is 25.2. The number of carbonyl (C=O) groups excluding carboxylic acids is 1. The lowest BCUT2D eigenvalue weighted by Crippen LogP contribution is -2.39. The van der Waals surface area contributed by atoms with E-state index in [1.165, 1.54) is 10.9 Å². The summed E-state index contributed by atoms with van der Waals surface area (Å²) < 4.78 is 0. The van der Waals surface area contributed by atoms with Crippen LogP contribution in [0, 0.1) is 12.8 Å². The molecule has 4 nitrogen and oxygen atoms in total. The van der Waals surface area contributed by atoms with Gasteiger partial charge in [-0.15, -0.1) is 0 Å². The molecule has 0 aliphatic carbocycles. The highest BCUT2D eigenvalue weighted by Gasteiger charge is 2.25. The summed E-state index contributed by atoms with van der Waals surface area (Å²) in [6.07, 6.45) is 3.08. The summed E-state index contributed by atoms with van der Waals surface area (Å²) in [7, 11) is 0. The maximum atomic E-state index is 13.7. The maximum absolute atomic E-state index is 13.7. The van der Waals surface area contributed by atoms with Gasteiger partial charge >= 0.3 is 0 Å². The van der Waals surface area contributed by atoms with Crippen LogP contribution in [0.1, 0.15) is 34.5 Å². The number of rotatable bonds is 4. The Labute approximate surface area is 211 Å². The molecule has 36 heavy (non-hydrogen) atoms. The van der Waals surface area contributed by atoms with Gasteiger partial charge in [0.05, 0.1) is 22.3 Å². The lowest BCUT2D eigenvalue weighted by Gasteiger charge is -2.32. The average molecular weight is 472 g/mol. The van der Waals surface area contributed by atoms with Crippen LogP contribution in [0.3, 0.4) is 0 Å². The minimum Gasteiger partial charge on any atom is -0.339 e. The lowest BCUT2D eigenvalue weighted by atomic mass is 9.89. The fourth-order valence-corrected chi connectivity index (χ4v) is 5.36. The molecule has 0 spiro atoms. The molecule has 0 unspecified atom stereocenters. The topological polar surface area (TPSA) is 46.1 Å². The van der Waals surface area contributed by atoms with Crippen LogP contribution in [0.2, 0.25) is 0 Å². The van der Waals surface area contributed by atoms with Gasteiger partial charge in [0.15, 0.2) is 0 Å². The second-order valence-corrected chi connectivity index (χ2v) is 9.86. The Morgan fingerprint density at radius 3 is 2.44 bits per heavy atom. The van der Waals surface area contributed by atoms with Gasteiger partial charge in [0, 0.05) is 35.1 Å². The van der Waals surface area contributed by atoms with E-state index in [2.05, 4.69) is 35.3 Å². The number of aryl methyl sites for hydroxylation is 1. The number of para-hydroxylation sites is 1. The number of likely N-dealkylation sites (tertiary alicyclic amines) is 1. The van der Waals surface area contributed by atoms with Crippen molar-refractivity contribution in [1.29, 1.82) is 0 Å². The van der Waals surface area contributed by atoms with Crippen molar-refractivity contribution in [3.05, 3.63) is 108 Å². The van der Waals surface area contributed by atoms with Crippen molar-refractivity contribution in [1.82, 2.24) is 14.9 Å². The molecular weight excluding hydrogens is 442 g/mol. The molecule has 4 heteroatoms. The smallest absolute Gasteiger partial charge is 0.254 e. The van der Waals surface area contributed by atoms with Gasteiger partial charge in [-0.2, -0.15) is 0 Å². The minimum absolute atomic E-state index is 0.108. The van der Waals surface area contributed by atoms with Gasteiger partial charge in [-0.1, -0.05) is 60.7 Å². The summed E-state index contributed by atoms with van der Waals surface area (Å²) in [6.45, 7) is 3.60. The first-order chi connectivity index (χ1) is 17.6. The molecule has 0 saturated carbocycles. The molecule has 1 aliphatic heterocycles. The molecule has 0 N–H and O–H groups in total. The Morgan fingerprint density at radius 2 is 1.61 bits per heavy atom. The number of nitrogens with zero attached hydrogens (tertiary/aromatic N) is 3. The fraction of sp³-hybridized carbons (Fsp3) is 0.219. The quantitative estimate of drug-likeness (QED) is 0.288. The first-order valence-electron chi connectivity index (χ1n) is 12.7. The molecule has 0 atom stereocenters. The summed E-state index contributed by atoms with van der Waals surface area (Å²) in [6, 6.07) is 30.9. The fourth-order valence-electron chi connectivity index (χ4n) is 5.36. The number of hydrogen-bond donors (Lipinski definition) is 0. The second kappa shape index (κ2) is 9.54. The predicted octanol–water partition coefficient (Wildman–Crippen LogP) is 6.85. The standard InChI is InChI=1S/C32H29N3O/c1-22-11-13-26-20-24(12-14-29(26)33-22)19-23-15-17-35(18-16-23)32(36)28-21-31(25-7-3-2-4-8-25)34-30-10-6-5-9-27(28)30/h2-14,20-21,23H,15-19H2,1H3. The molecule has 1 amide bonds. The molecule has 1 aliphatic rings. The number of pyridine rings is 2. The number of amides is 1. The normalized spacial score (nSPS) is 14.4. The summed E-state index contributed by atoms with van der Waals surface area (Å²) in [5.41, 5.74) is 6.92. The number of benzene rings is 3. The van der Waals surface area contributed by atoms with Crippen LogP contribution in [0.5, 0.6) is 0 Å². The van der Waals surface area contributed by atoms with E-state index >= 15 is 0 Å². The summed E-state index contributed by atoms with van der Waals surface area (Å²) in [5, 5.41) is 2.12. The summed E-state index contributed by atoms with van der Waals surface area (Å²) >= 11 is 0. The molecule has 1 saturated heterocycles. The van der Waals surface area contributed by atoms with E-state index < -0.39 is 0 Å². The second-order valence-electron chi connectivity index (χ2n) is 9.86. The Balaban J connectivity index is 1.19. The van der Waals surface area contributed by atoms with Crippen LogP contribution in [-0.4, -0.2) is 33.9 Å². The zero-order chi connectivity index (χ0) is 24.5. The van der Waals surface area contributed by atoms with E-state index in [4.69, 9.17) is 4.98 Å². The third kappa shape index (κ3) is 4.47. The van der Waals surface area contributed by atoms with Crippen LogP contribution in [0.25, 0.3) is 33.1 Å². The van der Waals surface area contributed by atoms with E-state index in [0.29, 0.717) is 5.92 Å². The zero-order valence-corrected chi connectivity index (χ0v) is 20.5. The van der Waals surface area contributed by atoms with Crippen LogP contribution < -0.4 is 0 Å². The molecule has 6 rings (SSSR count). The Kier molecular flexibility index (Phi) is 5.94. The molecule has 0 radical (unpaired) electrons. The highest BCUT2D eigenvalue weighted by Crippen LogP contribution is 2.29. The Hall–Kier alpha value is -4.05. The molecule has 3 heterocycles. The Bertz CT molecular complexity index is 1550. The van der Waals surface area contributed by atoms with E-state index in [1.54, 1.807) is 0 Å². The highest BCUT2D eigenvalue weighted by molar-refractivity contribution is 6.07. The molecule has 2 aromatic heterocycles. The molecule has 0 bridgehead atoms. The largest absolute Gasteiger partial charge is 0.339 e. The Morgan fingerprint density at radius 1 is 0.833 bits per heavy atom. The van der Waals surface area contributed by atoms with E-state index in [9.17, 15) is 4.79 Å². The van der Waals surface area contributed by atoms with Gasteiger partial charge in [0.1, 0.15) is 0 Å². The van der Waals surface area contributed by atoms with Gasteiger partial charge in [-0.05, 0) is 68.0 Å². The van der Waals surface area contributed by atoms with Gasteiger partial charge in [0.25, 0.3) is 5.91 Å². The average Bonchev–Trinajstić information content (AvgIpc) is 2.93. The van der Waals surface area contributed by atoms with E-state index in [-0.39, 0.29) is 5.91 Å². The van der Waals surface area contributed by atoms with Gasteiger partial charge < -0.3 is 4.90 Å². The van der Waals surface area contributed by atoms with Crippen LogP contribution in [-0.2, 0) is 6.42 Å². The van der Waals surface area contributed by atoms with Crippen LogP contribution >= 0.6 is 0 Å². The molecular formula is C32H29N3O. The first-order valence-corrected chi connectivity index (χ1v) is 12.7. The van der Waals surface area contributed by atoms with Gasteiger partial charge in [-0.25, -0.2) is 4.98 Å². The SMILES string of the molecule is Cc1ccc2cc(CC3CCN(C(=O)c4cc(-c5ccccc5)nc5ccccc45)CC3)ccc2n1. The van der Waals surface area contributed by atoms with Crippen molar-refractivity contribution in [3.63, 3.8) is 0 Å². The van der Waals surface area contributed by atoms with Crippen molar-refractivity contribution < 1.29 is 4.79 Å². The van der Waals surface area contributed by atoms with Crippen LogP contribution in [0.4, 0.5) is 0 Å². The van der Waals surface area contributed by atoms with E-state index in [0.717, 1.165) is 71.3 Å². The van der Waals surface area contributed by atoms with E-state index in [1.807, 2.05) is 72.5 Å². The van der Waals surface area contributed by atoms with Crippen molar-refractivity contribution in [2.24, 2.45) is 5.92 Å². The predicted molar refractivity (Wildman–Crippen MR) is 146 cm³/mol. The van der Waals surface area contributed by atoms with Crippen molar-refractivity contribution in [2.45, 2.75) is 26.2 Å². The number of carbonyl (C=O) groups is 1. The van der Waals surface area contributed by atoms with Gasteiger partial charge in [0.2, 0.25) is 0 Å². The molecule has 178 valence electrons. The highest BCUT2D eigenvalue weighted by atomic mass is 16.2. The lowest BCUT2D eigenvalue weighted by molar-refractivity contribution is 0.0692. The number of fused-ring (bicyclic) bond motifs is 2. The van der Waals surface area contributed by atoms with Crippen LogP contribution in [0.15, 0.2) is 91.0 Å². The first kappa shape index (κ1) is 22.4. The van der Waals surface area contributed by atoms with Gasteiger partial charge in [-0.3, -0.25) is 9.78 Å². The third-order valence-electron chi connectivity index (χ3n) is 7.34. The maximum Gasteiger partial charge on any atom is 0.254 e. The zero-order valence-electron chi connectivity index (χ0n) is 20.5. The third-order valence-corrected chi connectivity index (χ3v) is 7.34. The number of hydrogen-bond acceptors (Lipinski definition) is 3. The van der Waals surface area contributed by atoms with Crippen molar-refractivity contribution in [2.75, 3.05) is 13.1 Å². The number of piperidine rings is 1. The summed E-state index contributed by atoms with van der Waals surface area (Å²) in [5.74, 6) is 0.690. The number of aromatic nitrogens is 2. The molecule has 5 aromatic rings. The minimum atomic E-state index is 0.108. The van der Waals surface area contributed by atoms with Crippen molar-refractivity contribution in [3.8, 4) is 11.3 Å². The molecule has 1 fully saturated rings.